The number of aromatic nitrogens is 1. The summed E-state index contributed by atoms with van der Waals surface area (Å²) in [4.78, 5) is 39.4. The first-order valence-electron chi connectivity index (χ1n) is 10.6. The molecule has 1 aromatic heterocycles. The van der Waals surface area contributed by atoms with Gasteiger partial charge in [0, 0.05) is 29.2 Å². The van der Waals surface area contributed by atoms with E-state index < -0.39 is 17.8 Å². The molecule has 162 valence electrons. The highest BCUT2D eigenvalue weighted by Gasteiger charge is 2.37. The molecule has 1 aliphatic heterocycles. The van der Waals surface area contributed by atoms with E-state index in [4.69, 9.17) is 0 Å². The van der Waals surface area contributed by atoms with Crippen LogP contribution in [0, 0.1) is 6.92 Å². The zero-order valence-electron chi connectivity index (χ0n) is 18.0. The Labute approximate surface area is 190 Å². The van der Waals surface area contributed by atoms with Crippen LogP contribution in [-0.2, 0) is 16.1 Å². The summed E-state index contributed by atoms with van der Waals surface area (Å²) >= 11 is 0. The third-order valence-corrected chi connectivity index (χ3v) is 5.68. The van der Waals surface area contributed by atoms with Crippen molar-refractivity contribution >= 4 is 40.5 Å². The van der Waals surface area contributed by atoms with Crippen LogP contribution in [0.4, 0.5) is 10.5 Å². The maximum absolute atomic E-state index is 13.3. The van der Waals surface area contributed by atoms with E-state index in [1.807, 2.05) is 61.7 Å². The molecule has 0 atom stereocenters. The van der Waals surface area contributed by atoms with E-state index in [1.165, 1.54) is 0 Å². The first-order chi connectivity index (χ1) is 16.0. The van der Waals surface area contributed by atoms with Crippen molar-refractivity contribution in [2.45, 2.75) is 13.5 Å². The van der Waals surface area contributed by atoms with Gasteiger partial charge in [-0.3, -0.25) is 14.9 Å². The summed E-state index contributed by atoms with van der Waals surface area (Å²) in [5, 5.41) is 3.21. The lowest BCUT2D eigenvalue weighted by Crippen LogP contribution is -2.54. The largest absolute Gasteiger partial charge is 0.342 e. The first kappa shape index (κ1) is 20.5. The van der Waals surface area contributed by atoms with Crippen molar-refractivity contribution in [3.05, 3.63) is 107 Å². The Morgan fingerprint density at radius 3 is 2.42 bits per heavy atom. The number of hydrogen-bond donors (Lipinski definition) is 1. The summed E-state index contributed by atoms with van der Waals surface area (Å²) in [6.07, 6.45) is 3.50. The average Bonchev–Trinajstić information content (AvgIpc) is 3.14. The van der Waals surface area contributed by atoms with Crippen LogP contribution in [-0.4, -0.2) is 22.4 Å². The average molecular weight is 435 g/mol. The second kappa shape index (κ2) is 8.24. The van der Waals surface area contributed by atoms with Gasteiger partial charge >= 0.3 is 6.03 Å². The number of nitrogens with zero attached hydrogens (tertiary/aromatic N) is 2. The van der Waals surface area contributed by atoms with Crippen LogP contribution >= 0.6 is 0 Å². The zero-order chi connectivity index (χ0) is 22.9. The zero-order valence-corrected chi connectivity index (χ0v) is 18.0. The number of imide groups is 2. The number of nitrogens with one attached hydrogen (secondary N) is 1. The first-order valence-corrected chi connectivity index (χ1v) is 10.6. The highest BCUT2D eigenvalue weighted by Crippen LogP contribution is 2.27. The molecule has 1 fully saturated rings. The Morgan fingerprint density at radius 1 is 0.879 bits per heavy atom. The van der Waals surface area contributed by atoms with Crippen LogP contribution in [0.25, 0.3) is 17.0 Å². The van der Waals surface area contributed by atoms with E-state index in [-0.39, 0.29) is 5.57 Å². The van der Waals surface area contributed by atoms with Crippen LogP contribution in [0.15, 0.2) is 90.6 Å². The molecule has 1 aliphatic rings. The summed E-state index contributed by atoms with van der Waals surface area (Å²) in [5.74, 6) is -1.34. The minimum absolute atomic E-state index is 0.0845. The normalized spacial score (nSPS) is 15.4. The number of benzene rings is 3. The van der Waals surface area contributed by atoms with Crippen LogP contribution in [0.1, 0.15) is 16.7 Å². The third kappa shape index (κ3) is 3.83. The van der Waals surface area contributed by atoms with Crippen LogP contribution in [0.3, 0.4) is 0 Å². The van der Waals surface area contributed by atoms with Gasteiger partial charge in [-0.1, -0.05) is 60.7 Å². The predicted molar refractivity (Wildman–Crippen MR) is 128 cm³/mol. The number of urea groups is 1. The monoisotopic (exact) mass is 435 g/mol. The molecule has 5 rings (SSSR count). The van der Waals surface area contributed by atoms with Crippen molar-refractivity contribution in [1.29, 1.82) is 0 Å². The highest BCUT2D eigenvalue weighted by molar-refractivity contribution is 6.39. The van der Waals surface area contributed by atoms with Crippen molar-refractivity contribution < 1.29 is 14.4 Å². The fourth-order valence-corrected chi connectivity index (χ4v) is 4.12. The summed E-state index contributed by atoms with van der Waals surface area (Å²) in [6, 6.07) is 24.2. The van der Waals surface area contributed by atoms with Crippen LogP contribution in [0.5, 0.6) is 0 Å². The summed E-state index contributed by atoms with van der Waals surface area (Å²) < 4.78 is 2.09. The van der Waals surface area contributed by atoms with Gasteiger partial charge in [0.2, 0.25) is 0 Å². The van der Waals surface area contributed by atoms with Crippen molar-refractivity contribution in [2.75, 3.05) is 4.90 Å². The molecule has 0 bridgehead atoms. The number of rotatable bonds is 4. The number of aryl methyl sites for hydroxylation is 1. The van der Waals surface area contributed by atoms with Crippen molar-refractivity contribution in [3.8, 4) is 0 Å². The Morgan fingerprint density at radius 2 is 1.64 bits per heavy atom. The lowest BCUT2D eigenvalue weighted by Gasteiger charge is -2.26. The predicted octanol–water partition coefficient (Wildman–Crippen LogP) is 4.66. The van der Waals surface area contributed by atoms with Gasteiger partial charge in [-0.15, -0.1) is 0 Å². The minimum atomic E-state index is -0.751. The SMILES string of the molecule is Cc1cccc(N2C(=O)NC(=O)C(=Cc3cn(Cc4ccccc4)c4ccccc34)C2=O)c1. The third-order valence-electron chi connectivity index (χ3n) is 5.68. The van der Waals surface area contributed by atoms with Crippen molar-refractivity contribution in [3.63, 3.8) is 0 Å². The Balaban J connectivity index is 1.58. The van der Waals surface area contributed by atoms with Crippen molar-refractivity contribution in [1.82, 2.24) is 9.88 Å². The maximum atomic E-state index is 13.3. The van der Waals surface area contributed by atoms with E-state index in [0.29, 0.717) is 12.2 Å². The standard InChI is InChI=1S/C27H21N3O3/c1-18-8-7-11-21(14-18)30-26(32)23(25(31)28-27(30)33)15-20-17-29(16-19-9-3-2-4-10-19)24-13-6-5-12-22(20)24/h2-15,17H,16H2,1H3,(H,28,31,33). The molecule has 0 unspecified atom stereocenters. The molecule has 0 aliphatic carbocycles. The Kier molecular flexibility index (Phi) is 5.11. The van der Waals surface area contributed by atoms with Gasteiger partial charge in [-0.2, -0.15) is 0 Å². The minimum Gasteiger partial charge on any atom is -0.342 e. The van der Waals surface area contributed by atoms with Gasteiger partial charge in [0.15, 0.2) is 0 Å². The topological polar surface area (TPSA) is 71.4 Å². The molecule has 6 nitrogen and oxygen atoms in total. The molecule has 0 spiro atoms. The second-order valence-corrected chi connectivity index (χ2v) is 8.01. The molecule has 1 N–H and O–H groups in total. The number of amides is 4. The Bertz CT molecular complexity index is 1430. The van der Waals surface area contributed by atoms with Crippen LogP contribution in [0.2, 0.25) is 0 Å². The molecule has 33 heavy (non-hydrogen) atoms. The summed E-state index contributed by atoms with van der Waals surface area (Å²) in [7, 11) is 0. The molecule has 4 aromatic rings. The molecule has 0 radical (unpaired) electrons. The smallest absolute Gasteiger partial charge is 0.335 e. The molecular weight excluding hydrogens is 414 g/mol. The number of hydrogen-bond acceptors (Lipinski definition) is 3. The molecular formula is C27H21N3O3. The van der Waals surface area contributed by atoms with E-state index in [1.54, 1.807) is 24.3 Å². The van der Waals surface area contributed by atoms with Gasteiger partial charge in [-0.05, 0) is 42.3 Å². The van der Waals surface area contributed by atoms with Gasteiger partial charge in [0.25, 0.3) is 11.8 Å². The van der Waals surface area contributed by atoms with E-state index in [0.717, 1.165) is 32.5 Å². The quantitative estimate of drug-likeness (QED) is 0.374. The van der Waals surface area contributed by atoms with Gasteiger partial charge in [-0.25, -0.2) is 9.69 Å². The number of carbonyl (C=O) groups is 3. The summed E-state index contributed by atoms with van der Waals surface area (Å²) in [6.45, 7) is 2.53. The molecule has 4 amide bonds. The maximum Gasteiger partial charge on any atom is 0.335 e. The summed E-state index contributed by atoms with van der Waals surface area (Å²) in [5.41, 5.74) is 4.10. The second-order valence-electron chi connectivity index (χ2n) is 8.01. The van der Waals surface area contributed by atoms with Gasteiger partial charge in [0.1, 0.15) is 5.57 Å². The molecule has 2 heterocycles. The number of carbonyl (C=O) groups excluding carboxylic acids is 3. The van der Waals surface area contributed by atoms with Crippen LogP contribution < -0.4 is 10.2 Å². The van der Waals surface area contributed by atoms with Gasteiger partial charge < -0.3 is 4.57 Å². The number of fused-ring (bicyclic) bond motifs is 1. The fraction of sp³-hybridized carbons (Fsp3) is 0.0741. The molecule has 6 heteroatoms. The highest BCUT2D eigenvalue weighted by atomic mass is 16.2. The van der Waals surface area contributed by atoms with E-state index in [2.05, 4.69) is 22.0 Å². The van der Waals surface area contributed by atoms with Gasteiger partial charge in [0.05, 0.1) is 5.69 Å². The number of barbiturate groups is 1. The molecule has 3 aromatic carbocycles. The lowest BCUT2D eigenvalue weighted by atomic mass is 10.1. The molecule has 1 saturated heterocycles. The molecule has 0 saturated carbocycles. The van der Waals surface area contributed by atoms with E-state index >= 15 is 0 Å². The van der Waals surface area contributed by atoms with E-state index in [9.17, 15) is 14.4 Å². The Hall–Kier alpha value is -4.45. The number of anilines is 1. The van der Waals surface area contributed by atoms with Crippen molar-refractivity contribution in [2.24, 2.45) is 0 Å². The fourth-order valence-electron chi connectivity index (χ4n) is 4.12. The lowest BCUT2D eigenvalue weighted by molar-refractivity contribution is -0.122. The number of para-hydroxylation sites is 1.